The van der Waals surface area contributed by atoms with Crippen molar-refractivity contribution in [3.63, 3.8) is 0 Å². The Balaban J connectivity index is 1.79. The van der Waals surface area contributed by atoms with Gasteiger partial charge in [0.25, 0.3) is 5.91 Å². The van der Waals surface area contributed by atoms with Gasteiger partial charge in [0, 0.05) is 31.0 Å². The molecular weight excluding hydrogens is 519 g/mol. The van der Waals surface area contributed by atoms with Gasteiger partial charge in [0.15, 0.2) is 5.84 Å². The summed E-state index contributed by atoms with van der Waals surface area (Å²) in [4.78, 5) is 15.3. The summed E-state index contributed by atoms with van der Waals surface area (Å²) in [6, 6.07) is 3.73. The number of nitrogens with zero attached hydrogens (tertiary/aromatic N) is 4. The standard InChI is InChI=1S/C23H31N6O6PS/c1-7-35-36(32)17-10-15(27-37(6,33)34)8-9-16(17)25-21(26-36)18-19(30)20(23(2,3)4)29(22(18)31)13-14-11-24-28(5)12-14/h8-12,20,27,30H,7,13H2,1-6H3,(H,25,26,32). The van der Waals surface area contributed by atoms with Gasteiger partial charge in [-0.3, -0.25) is 18.8 Å². The van der Waals surface area contributed by atoms with Gasteiger partial charge in [-0.15, -0.1) is 0 Å². The predicted octanol–water partition coefficient (Wildman–Crippen LogP) is 2.74. The Morgan fingerprint density at radius 3 is 2.57 bits per heavy atom. The third kappa shape index (κ3) is 5.29. The summed E-state index contributed by atoms with van der Waals surface area (Å²) >= 11 is 0. The fourth-order valence-electron chi connectivity index (χ4n) is 4.54. The van der Waals surface area contributed by atoms with E-state index in [1.54, 1.807) is 35.9 Å². The molecule has 2 unspecified atom stereocenters. The molecule has 0 spiro atoms. The molecule has 1 aromatic carbocycles. The highest BCUT2D eigenvalue weighted by atomic mass is 32.2. The van der Waals surface area contributed by atoms with Crippen molar-refractivity contribution in [2.75, 3.05) is 22.9 Å². The molecule has 0 saturated carbocycles. The van der Waals surface area contributed by atoms with Crippen molar-refractivity contribution in [3.8, 4) is 0 Å². The normalized spacial score (nSPS) is 22.1. The average molecular weight is 551 g/mol. The number of amidine groups is 1. The van der Waals surface area contributed by atoms with Crippen molar-refractivity contribution in [1.82, 2.24) is 14.7 Å². The van der Waals surface area contributed by atoms with Crippen LogP contribution in [0.15, 0.2) is 46.7 Å². The van der Waals surface area contributed by atoms with Crippen LogP contribution in [-0.4, -0.2) is 58.9 Å². The lowest BCUT2D eigenvalue weighted by molar-refractivity contribution is -0.129. The van der Waals surface area contributed by atoms with E-state index in [0.29, 0.717) is 5.69 Å². The number of hydrogen-bond acceptors (Lipinski definition) is 8. The summed E-state index contributed by atoms with van der Waals surface area (Å²) in [5.41, 5.74) is 0.678. The van der Waals surface area contributed by atoms with Crippen LogP contribution in [0.1, 0.15) is 33.3 Å². The van der Waals surface area contributed by atoms with Crippen LogP contribution in [0.4, 0.5) is 11.4 Å². The maximum absolute atomic E-state index is 13.9. The van der Waals surface area contributed by atoms with E-state index in [9.17, 15) is 22.9 Å². The largest absolute Gasteiger partial charge is 0.509 e. The van der Waals surface area contributed by atoms with Crippen LogP contribution in [0.25, 0.3) is 0 Å². The number of fused-ring (bicyclic) bond motifs is 1. The number of carbonyl (C=O) groups is 1. The number of hydrogen-bond donors (Lipinski definition) is 3. The molecule has 2 atom stereocenters. The molecule has 0 radical (unpaired) electrons. The summed E-state index contributed by atoms with van der Waals surface area (Å²) in [5, 5.41) is 18.7. The fourth-order valence-corrected chi connectivity index (χ4v) is 6.90. The van der Waals surface area contributed by atoms with Crippen molar-refractivity contribution < 1.29 is 27.4 Å². The van der Waals surface area contributed by atoms with Crippen molar-refractivity contribution in [2.45, 2.75) is 40.3 Å². The summed E-state index contributed by atoms with van der Waals surface area (Å²) in [5.74, 6) is -0.734. The molecule has 0 bridgehead atoms. The van der Waals surface area contributed by atoms with Crippen LogP contribution < -0.4 is 15.3 Å². The van der Waals surface area contributed by atoms with Crippen LogP contribution in [0.5, 0.6) is 0 Å². The molecule has 200 valence electrons. The molecule has 14 heteroatoms. The van der Waals surface area contributed by atoms with Crippen molar-refractivity contribution in [2.24, 2.45) is 17.2 Å². The third-order valence-corrected chi connectivity index (χ3v) is 8.52. The highest BCUT2D eigenvalue weighted by molar-refractivity contribution is 7.92. The Kier molecular flexibility index (Phi) is 6.76. The maximum atomic E-state index is 13.9. The lowest BCUT2D eigenvalue weighted by Crippen LogP contribution is -2.43. The smallest absolute Gasteiger partial charge is 0.348 e. The molecule has 0 aliphatic carbocycles. The third-order valence-electron chi connectivity index (χ3n) is 5.86. The molecular formula is C23H31N6O6PS. The van der Waals surface area contributed by atoms with Gasteiger partial charge in [0.2, 0.25) is 10.0 Å². The number of aliphatic hydroxyl groups excluding tert-OH is 1. The zero-order valence-electron chi connectivity index (χ0n) is 21.5. The molecule has 0 fully saturated rings. The predicted molar refractivity (Wildman–Crippen MR) is 141 cm³/mol. The number of aliphatic hydroxyl groups is 1. The lowest BCUT2D eigenvalue weighted by atomic mass is 9.85. The molecule has 1 aromatic heterocycles. The van der Waals surface area contributed by atoms with E-state index in [0.717, 1.165) is 11.8 Å². The van der Waals surface area contributed by atoms with E-state index in [1.165, 1.54) is 18.2 Å². The Hall–Kier alpha value is -3.15. The average Bonchev–Trinajstić information content (AvgIpc) is 3.27. The van der Waals surface area contributed by atoms with Crippen molar-refractivity contribution in [3.05, 3.63) is 47.5 Å². The SMILES string of the molecule is CCOP1(=O)N=C(C2=C(O)C(C(C)(C)C)N(Cc3cnn(C)c3)C2=O)Nc2ccc(NS(C)(=O)=O)cc21. The maximum Gasteiger partial charge on any atom is 0.348 e. The highest BCUT2D eigenvalue weighted by Crippen LogP contribution is 2.53. The van der Waals surface area contributed by atoms with Gasteiger partial charge in [0.1, 0.15) is 11.3 Å². The molecule has 0 saturated heterocycles. The monoisotopic (exact) mass is 550 g/mol. The first-order valence-electron chi connectivity index (χ1n) is 11.6. The second-order valence-corrected chi connectivity index (χ2v) is 13.8. The van der Waals surface area contributed by atoms with E-state index in [1.807, 2.05) is 20.8 Å². The number of aromatic nitrogens is 2. The van der Waals surface area contributed by atoms with Gasteiger partial charge in [-0.05, 0) is 30.5 Å². The number of anilines is 2. The van der Waals surface area contributed by atoms with Crippen LogP contribution >= 0.6 is 7.52 Å². The van der Waals surface area contributed by atoms with Gasteiger partial charge in [-0.2, -0.15) is 9.86 Å². The molecule has 2 aromatic rings. The Labute approximate surface area is 216 Å². The van der Waals surface area contributed by atoms with Crippen molar-refractivity contribution >= 4 is 46.0 Å². The van der Waals surface area contributed by atoms with Gasteiger partial charge in [0.05, 0.1) is 36.1 Å². The van der Waals surface area contributed by atoms with Crippen LogP contribution in [0.2, 0.25) is 0 Å². The first-order chi connectivity index (χ1) is 17.1. The first kappa shape index (κ1) is 26.9. The van der Waals surface area contributed by atoms with E-state index in [4.69, 9.17) is 4.52 Å². The van der Waals surface area contributed by atoms with Gasteiger partial charge >= 0.3 is 7.52 Å². The molecule has 12 nitrogen and oxygen atoms in total. The van der Waals surface area contributed by atoms with Crippen molar-refractivity contribution in [1.29, 1.82) is 0 Å². The van der Waals surface area contributed by atoms with Gasteiger partial charge in [-0.1, -0.05) is 20.8 Å². The van der Waals surface area contributed by atoms with E-state index in [-0.39, 0.29) is 41.3 Å². The Morgan fingerprint density at radius 2 is 2.00 bits per heavy atom. The fraction of sp³-hybridized carbons (Fsp3) is 0.435. The minimum absolute atomic E-state index is 0.0496. The van der Waals surface area contributed by atoms with E-state index in [2.05, 4.69) is 19.9 Å². The lowest BCUT2D eigenvalue weighted by Gasteiger charge is -2.35. The zero-order valence-corrected chi connectivity index (χ0v) is 23.2. The number of carbonyl (C=O) groups excluding carboxylic acids is 1. The molecule has 1 amide bonds. The highest BCUT2D eigenvalue weighted by Gasteiger charge is 2.48. The summed E-state index contributed by atoms with van der Waals surface area (Å²) < 4.78 is 51.2. The number of amides is 1. The number of aryl methyl sites for hydroxylation is 1. The van der Waals surface area contributed by atoms with E-state index < -0.39 is 34.9 Å². The number of sulfonamides is 1. The van der Waals surface area contributed by atoms with Gasteiger partial charge < -0.3 is 19.8 Å². The molecule has 3 N–H and O–H groups in total. The Bertz CT molecular complexity index is 1470. The topological polar surface area (TPSA) is 155 Å². The minimum atomic E-state index is -3.94. The van der Waals surface area contributed by atoms with Crippen LogP contribution in [-0.2, 0) is 37.5 Å². The summed E-state index contributed by atoms with van der Waals surface area (Å²) in [6.45, 7) is 7.63. The molecule has 4 rings (SSSR count). The molecule has 2 aliphatic heterocycles. The first-order valence-corrected chi connectivity index (χ1v) is 15.1. The second kappa shape index (κ2) is 9.30. The van der Waals surface area contributed by atoms with Crippen LogP contribution in [0, 0.1) is 5.41 Å². The van der Waals surface area contributed by atoms with Crippen LogP contribution in [0.3, 0.4) is 0 Å². The second-order valence-electron chi connectivity index (χ2n) is 10.1. The Morgan fingerprint density at radius 1 is 1.30 bits per heavy atom. The quantitative estimate of drug-likeness (QED) is 0.445. The van der Waals surface area contributed by atoms with Gasteiger partial charge in [-0.25, -0.2) is 8.42 Å². The summed E-state index contributed by atoms with van der Waals surface area (Å²) in [6.07, 6.45) is 4.45. The molecule has 37 heavy (non-hydrogen) atoms. The number of rotatable bonds is 7. The minimum Gasteiger partial charge on any atom is -0.509 e. The summed E-state index contributed by atoms with van der Waals surface area (Å²) in [7, 11) is -5.74. The molecule has 2 aliphatic rings. The van der Waals surface area contributed by atoms with E-state index >= 15 is 0 Å². The zero-order chi connectivity index (χ0) is 27.3. The number of benzene rings is 1. The molecule has 3 heterocycles. The number of nitrogens with one attached hydrogen (secondary N) is 2.